The summed E-state index contributed by atoms with van der Waals surface area (Å²) in [5.41, 5.74) is 7.24. The van der Waals surface area contributed by atoms with E-state index in [0.717, 1.165) is 5.56 Å². The molecule has 1 heterocycles. The Morgan fingerprint density at radius 3 is 2.76 bits per heavy atom. The maximum Gasteiger partial charge on any atom is 0.233 e. The van der Waals surface area contributed by atoms with Gasteiger partial charge in [0.2, 0.25) is 5.88 Å². The first-order valence-corrected chi connectivity index (χ1v) is 6.08. The number of halogens is 2. The van der Waals surface area contributed by atoms with Crippen molar-refractivity contribution in [2.24, 2.45) is 0 Å². The average Bonchev–Trinajstić information content (AvgIpc) is 2.25. The van der Waals surface area contributed by atoms with Crippen molar-refractivity contribution in [1.29, 1.82) is 0 Å². The van der Waals surface area contributed by atoms with Crippen LogP contribution in [0.4, 0.5) is 5.69 Å². The summed E-state index contributed by atoms with van der Waals surface area (Å²) < 4.78 is 6.29. The summed E-state index contributed by atoms with van der Waals surface area (Å²) in [7, 11) is 0. The number of ether oxygens (including phenoxy) is 1. The first-order valence-electron chi connectivity index (χ1n) is 4.91. The molecular weight excluding hydrogens is 304 g/mol. The van der Waals surface area contributed by atoms with E-state index in [1.807, 2.05) is 25.1 Å². The average molecular weight is 314 g/mol. The van der Waals surface area contributed by atoms with Crippen molar-refractivity contribution in [2.45, 2.75) is 6.92 Å². The number of nitrogens with two attached hydrogens (primary N) is 1. The molecule has 0 aliphatic carbocycles. The van der Waals surface area contributed by atoms with Crippen LogP contribution in [0.15, 0.2) is 34.9 Å². The number of nitrogen functional groups attached to an aromatic ring is 1. The number of aromatic nitrogens is 1. The third-order valence-electron chi connectivity index (χ3n) is 2.12. The summed E-state index contributed by atoms with van der Waals surface area (Å²) in [6.45, 7) is 1.97. The molecule has 0 amide bonds. The molecule has 5 heteroatoms. The maximum absolute atomic E-state index is 6.07. The van der Waals surface area contributed by atoms with E-state index in [0.29, 0.717) is 26.8 Å². The fraction of sp³-hybridized carbons (Fsp3) is 0.0833. The van der Waals surface area contributed by atoms with Crippen LogP contribution >= 0.6 is 27.5 Å². The first-order chi connectivity index (χ1) is 8.06. The second-order valence-corrected chi connectivity index (χ2v) is 4.85. The van der Waals surface area contributed by atoms with Crippen LogP contribution in [0.5, 0.6) is 11.6 Å². The molecule has 0 bridgehead atoms. The normalized spacial score (nSPS) is 10.3. The Bertz CT molecular complexity index is 511. The molecule has 2 aromatic rings. The third kappa shape index (κ3) is 2.90. The highest BCUT2D eigenvalue weighted by atomic mass is 79.9. The molecule has 0 saturated heterocycles. The van der Waals surface area contributed by atoms with Crippen molar-refractivity contribution in [3.05, 3.63) is 45.5 Å². The van der Waals surface area contributed by atoms with Crippen molar-refractivity contribution in [3.8, 4) is 11.6 Å². The number of pyridine rings is 1. The van der Waals surface area contributed by atoms with E-state index in [9.17, 15) is 0 Å². The minimum atomic E-state index is 0.435. The standard InChI is InChI=1S/C12H10BrClN2O/c1-7-2-3-11(10(14)4-7)17-12-9(13)5-8(15)6-16-12/h2-6H,15H2,1H3. The van der Waals surface area contributed by atoms with Gasteiger partial charge >= 0.3 is 0 Å². The van der Waals surface area contributed by atoms with Crippen LogP contribution in [-0.2, 0) is 0 Å². The molecule has 3 nitrogen and oxygen atoms in total. The zero-order chi connectivity index (χ0) is 12.4. The lowest BCUT2D eigenvalue weighted by molar-refractivity contribution is 0.460. The smallest absolute Gasteiger partial charge is 0.233 e. The predicted octanol–water partition coefficient (Wildman–Crippen LogP) is 4.18. The fourth-order valence-electron chi connectivity index (χ4n) is 1.31. The number of benzene rings is 1. The van der Waals surface area contributed by atoms with Crippen LogP contribution < -0.4 is 10.5 Å². The summed E-state index contributed by atoms with van der Waals surface area (Å²) in [4.78, 5) is 4.08. The van der Waals surface area contributed by atoms with Gasteiger partial charge in [-0.3, -0.25) is 0 Å². The second-order valence-electron chi connectivity index (χ2n) is 3.59. The van der Waals surface area contributed by atoms with Crippen LogP contribution in [0.25, 0.3) is 0 Å². The molecule has 2 N–H and O–H groups in total. The van der Waals surface area contributed by atoms with Gasteiger partial charge in [0.05, 0.1) is 21.4 Å². The molecule has 0 radical (unpaired) electrons. The first kappa shape index (κ1) is 12.2. The Morgan fingerprint density at radius 1 is 1.35 bits per heavy atom. The lowest BCUT2D eigenvalue weighted by atomic mass is 10.2. The van der Waals surface area contributed by atoms with Gasteiger partial charge in [0, 0.05) is 0 Å². The molecule has 17 heavy (non-hydrogen) atoms. The van der Waals surface area contributed by atoms with Gasteiger partial charge in [0.25, 0.3) is 0 Å². The van der Waals surface area contributed by atoms with Gasteiger partial charge in [-0.25, -0.2) is 4.98 Å². The molecule has 1 aromatic carbocycles. The molecule has 0 spiro atoms. The van der Waals surface area contributed by atoms with Gasteiger partial charge < -0.3 is 10.5 Å². The summed E-state index contributed by atoms with van der Waals surface area (Å²) >= 11 is 9.40. The topological polar surface area (TPSA) is 48.1 Å². The molecule has 0 fully saturated rings. The Balaban J connectivity index is 2.31. The molecule has 1 aromatic heterocycles. The zero-order valence-electron chi connectivity index (χ0n) is 9.08. The van der Waals surface area contributed by atoms with Gasteiger partial charge in [-0.2, -0.15) is 0 Å². The van der Waals surface area contributed by atoms with Crippen LogP contribution in [-0.4, -0.2) is 4.98 Å². The van der Waals surface area contributed by atoms with Crippen molar-refractivity contribution < 1.29 is 4.74 Å². The van der Waals surface area contributed by atoms with Gasteiger partial charge in [-0.05, 0) is 46.6 Å². The van der Waals surface area contributed by atoms with E-state index in [2.05, 4.69) is 20.9 Å². The second kappa shape index (κ2) is 4.94. The lowest BCUT2D eigenvalue weighted by Gasteiger charge is -2.08. The summed E-state index contributed by atoms with van der Waals surface area (Å²) in [6.07, 6.45) is 1.53. The predicted molar refractivity (Wildman–Crippen MR) is 72.6 cm³/mol. The van der Waals surface area contributed by atoms with Crippen molar-refractivity contribution in [3.63, 3.8) is 0 Å². The Labute approximate surface area is 113 Å². The van der Waals surface area contributed by atoms with Gasteiger partial charge in [0.15, 0.2) is 0 Å². The maximum atomic E-state index is 6.07. The van der Waals surface area contributed by atoms with Crippen LogP contribution in [0.1, 0.15) is 5.56 Å². The van der Waals surface area contributed by atoms with E-state index in [1.54, 1.807) is 6.07 Å². The zero-order valence-corrected chi connectivity index (χ0v) is 11.4. The van der Waals surface area contributed by atoms with Crippen molar-refractivity contribution in [1.82, 2.24) is 4.98 Å². The van der Waals surface area contributed by atoms with Crippen molar-refractivity contribution in [2.75, 3.05) is 5.73 Å². The Morgan fingerprint density at radius 2 is 2.12 bits per heavy atom. The van der Waals surface area contributed by atoms with Crippen LogP contribution in [0.2, 0.25) is 5.02 Å². The van der Waals surface area contributed by atoms with E-state index in [-0.39, 0.29) is 0 Å². The number of rotatable bonds is 2. The highest BCUT2D eigenvalue weighted by Crippen LogP contribution is 2.33. The SMILES string of the molecule is Cc1ccc(Oc2ncc(N)cc2Br)c(Cl)c1. The fourth-order valence-corrected chi connectivity index (χ4v) is 2.03. The van der Waals surface area contributed by atoms with Gasteiger partial charge in [0.1, 0.15) is 5.75 Å². The molecule has 2 rings (SSSR count). The monoisotopic (exact) mass is 312 g/mol. The number of nitrogens with zero attached hydrogens (tertiary/aromatic N) is 1. The molecule has 0 atom stereocenters. The highest BCUT2D eigenvalue weighted by molar-refractivity contribution is 9.10. The Kier molecular flexibility index (Phi) is 3.54. The summed E-state index contributed by atoms with van der Waals surface area (Å²) in [5.74, 6) is 1.00. The minimum absolute atomic E-state index is 0.435. The number of hydrogen-bond acceptors (Lipinski definition) is 3. The molecule has 0 aliphatic heterocycles. The molecule has 88 valence electrons. The molecule has 0 saturated carbocycles. The van der Waals surface area contributed by atoms with Crippen molar-refractivity contribution >= 4 is 33.2 Å². The lowest BCUT2D eigenvalue weighted by Crippen LogP contribution is -1.93. The van der Waals surface area contributed by atoms with E-state index < -0.39 is 0 Å². The largest absolute Gasteiger partial charge is 0.436 e. The number of hydrogen-bond donors (Lipinski definition) is 1. The molecule has 0 aliphatic rings. The minimum Gasteiger partial charge on any atom is -0.436 e. The summed E-state index contributed by atoms with van der Waals surface area (Å²) in [6, 6.07) is 7.29. The summed E-state index contributed by atoms with van der Waals surface area (Å²) in [5, 5.41) is 0.551. The molecule has 0 unspecified atom stereocenters. The quantitative estimate of drug-likeness (QED) is 0.904. The van der Waals surface area contributed by atoms with E-state index >= 15 is 0 Å². The van der Waals surface area contributed by atoms with Gasteiger partial charge in [-0.15, -0.1) is 0 Å². The highest BCUT2D eigenvalue weighted by Gasteiger charge is 2.08. The van der Waals surface area contributed by atoms with Crippen LogP contribution in [0, 0.1) is 6.92 Å². The van der Waals surface area contributed by atoms with Gasteiger partial charge in [-0.1, -0.05) is 17.7 Å². The molecular formula is C12H10BrClN2O. The third-order valence-corrected chi connectivity index (χ3v) is 2.99. The van der Waals surface area contributed by atoms with E-state index in [4.69, 9.17) is 22.1 Å². The number of aryl methyl sites for hydroxylation is 1. The number of anilines is 1. The Hall–Kier alpha value is -1.26. The van der Waals surface area contributed by atoms with E-state index in [1.165, 1.54) is 6.20 Å². The van der Waals surface area contributed by atoms with Crippen LogP contribution in [0.3, 0.4) is 0 Å².